The number of piperidine rings is 1. The summed E-state index contributed by atoms with van der Waals surface area (Å²) in [4.78, 5) is 2.32. The molecular weight excluding hydrogens is 200 g/mol. The van der Waals surface area contributed by atoms with Crippen LogP contribution in [0.3, 0.4) is 0 Å². The van der Waals surface area contributed by atoms with Gasteiger partial charge in [0.2, 0.25) is 0 Å². The lowest BCUT2D eigenvalue weighted by atomic mass is 10.1. The van der Waals surface area contributed by atoms with Gasteiger partial charge in [0.05, 0.1) is 5.69 Å². The van der Waals surface area contributed by atoms with Crippen molar-refractivity contribution in [3.05, 3.63) is 17.8 Å². The molecular formula is C12H20N4. The van der Waals surface area contributed by atoms with Crippen LogP contribution < -0.4 is 10.2 Å². The van der Waals surface area contributed by atoms with Gasteiger partial charge in [0.25, 0.3) is 0 Å². The molecule has 0 spiro atoms. The molecule has 1 fully saturated rings. The molecule has 2 heterocycles. The highest BCUT2D eigenvalue weighted by atomic mass is 15.3. The van der Waals surface area contributed by atoms with Crippen molar-refractivity contribution >= 4 is 5.82 Å². The molecule has 0 aromatic carbocycles. The molecule has 4 heteroatoms. The summed E-state index contributed by atoms with van der Waals surface area (Å²) in [7, 11) is 2.04. The van der Waals surface area contributed by atoms with Crippen LogP contribution in [0.2, 0.25) is 0 Å². The Kier molecular flexibility index (Phi) is 3.72. The Bertz CT molecular complexity index is 314. The van der Waals surface area contributed by atoms with E-state index in [1.165, 1.54) is 12.8 Å². The molecule has 0 amide bonds. The predicted octanol–water partition coefficient (Wildman–Crippen LogP) is 1.23. The SMILES string of the molecule is CCc1ccc(N2CCC(NC)CC2)nn1. The Balaban J connectivity index is 1.97. The number of nitrogens with zero attached hydrogens (tertiary/aromatic N) is 3. The zero-order valence-corrected chi connectivity index (χ0v) is 10.1. The van der Waals surface area contributed by atoms with E-state index in [1.807, 2.05) is 7.05 Å². The van der Waals surface area contributed by atoms with Crippen LogP contribution in [0.1, 0.15) is 25.5 Å². The summed E-state index contributed by atoms with van der Waals surface area (Å²) < 4.78 is 0. The summed E-state index contributed by atoms with van der Waals surface area (Å²) in [5.41, 5.74) is 1.06. The second kappa shape index (κ2) is 5.25. The molecule has 1 aliphatic rings. The maximum atomic E-state index is 4.28. The summed E-state index contributed by atoms with van der Waals surface area (Å²) >= 11 is 0. The van der Waals surface area contributed by atoms with E-state index in [4.69, 9.17) is 0 Å². The Labute approximate surface area is 97.1 Å². The summed E-state index contributed by atoms with van der Waals surface area (Å²) in [6.07, 6.45) is 3.33. The van der Waals surface area contributed by atoms with Crippen LogP contribution >= 0.6 is 0 Å². The number of hydrogen-bond donors (Lipinski definition) is 1. The van der Waals surface area contributed by atoms with E-state index in [0.717, 1.165) is 31.0 Å². The topological polar surface area (TPSA) is 41.0 Å². The van der Waals surface area contributed by atoms with Gasteiger partial charge in [-0.1, -0.05) is 6.92 Å². The number of hydrogen-bond acceptors (Lipinski definition) is 4. The minimum Gasteiger partial charge on any atom is -0.355 e. The first kappa shape index (κ1) is 11.3. The summed E-state index contributed by atoms with van der Waals surface area (Å²) in [6, 6.07) is 4.83. The lowest BCUT2D eigenvalue weighted by molar-refractivity contribution is 0.440. The molecule has 1 aromatic rings. The third kappa shape index (κ3) is 2.50. The molecule has 0 radical (unpaired) electrons. The maximum absolute atomic E-state index is 4.28. The highest BCUT2D eigenvalue weighted by molar-refractivity contribution is 5.37. The second-order valence-electron chi connectivity index (χ2n) is 4.29. The monoisotopic (exact) mass is 220 g/mol. The molecule has 4 nitrogen and oxygen atoms in total. The van der Waals surface area contributed by atoms with Gasteiger partial charge in [0, 0.05) is 19.1 Å². The van der Waals surface area contributed by atoms with E-state index >= 15 is 0 Å². The van der Waals surface area contributed by atoms with Crippen molar-refractivity contribution in [1.29, 1.82) is 0 Å². The number of anilines is 1. The highest BCUT2D eigenvalue weighted by Gasteiger charge is 2.18. The van der Waals surface area contributed by atoms with Crippen LogP contribution in [0.4, 0.5) is 5.82 Å². The summed E-state index contributed by atoms with van der Waals surface area (Å²) in [6.45, 7) is 4.25. The molecule has 0 aliphatic carbocycles. The smallest absolute Gasteiger partial charge is 0.151 e. The van der Waals surface area contributed by atoms with Crippen LogP contribution in [-0.2, 0) is 6.42 Å². The first-order valence-electron chi connectivity index (χ1n) is 6.08. The van der Waals surface area contributed by atoms with E-state index in [2.05, 4.69) is 39.5 Å². The minimum atomic E-state index is 0.666. The number of rotatable bonds is 3. The molecule has 1 N–H and O–H groups in total. The average Bonchev–Trinajstić information content (AvgIpc) is 2.39. The number of aromatic nitrogens is 2. The first-order valence-corrected chi connectivity index (χ1v) is 6.08. The van der Waals surface area contributed by atoms with Crippen molar-refractivity contribution in [2.24, 2.45) is 0 Å². The van der Waals surface area contributed by atoms with Crippen LogP contribution in [0.5, 0.6) is 0 Å². The van der Waals surface area contributed by atoms with Gasteiger partial charge in [-0.25, -0.2) is 0 Å². The van der Waals surface area contributed by atoms with Gasteiger partial charge in [-0.15, -0.1) is 5.10 Å². The van der Waals surface area contributed by atoms with Crippen LogP contribution in [0, 0.1) is 0 Å². The first-order chi connectivity index (χ1) is 7.83. The zero-order valence-electron chi connectivity index (χ0n) is 10.1. The molecule has 1 aromatic heterocycles. The van der Waals surface area contributed by atoms with Crippen molar-refractivity contribution < 1.29 is 0 Å². The van der Waals surface area contributed by atoms with E-state index in [0.29, 0.717) is 6.04 Å². The summed E-state index contributed by atoms with van der Waals surface area (Å²) in [5.74, 6) is 1.02. The Hall–Kier alpha value is -1.16. The predicted molar refractivity (Wildman–Crippen MR) is 65.7 cm³/mol. The van der Waals surface area contributed by atoms with Crippen molar-refractivity contribution in [1.82, 2.24) is 15.5 Å². The van der Waals surface area contributed by atoms with Crippen LogP contribution in [-0.4, -0.2) is 36.4 Å². The van der Waals surface area contributed by atoms with Crippen molar-refractivity contribution in [3.8, 4) is 0 Å². The van der Waals surface area contributed by atoms with Gasteiger partial charge < -0.3 is 10.2 Å². The number of nitrogens with one attached hydrogen (secondary N) is 1. The molecule has 0 bridgehead atoms. The Morgan fingerprint density at radius 2 is 2.06 bits per heavy atom. The Morgan fingerprint density at radius 3 is 2.56 bits per heavy atom. The fraction of sp³-hybridized carbons (Fsp3) is 0.667. The highest BCUT2D eigenvalue weighted by Crippen LogP contribution is 2.16. The molecule has 1 saturated heterocycles. The normalized spacial score (nSPS) is 17.8. The van der Waals surface area contributed by atoms with Crippen LogP contribution in [0.15, 0.2) is 12.1 Å². The third-order valence-electron chi connectivity index (χ3n) is 3.30. The Morgan fingerprint density at radius 1 is 1.31 bits per heavy atom. The fourth-order valence-corrected chi connectivity index (χ4v) is 2.11. The molecule has 0 atom stereocenters. The van der Waals surface area contributed by atoms with Gasteiger partial charge in [-0.2, -0.15) is 5.10 Å². The van der Waals surface area contributed by atoms with Gasteiger partial charge in [0.1, 0.15) is 0 Å². The lowest BCUT2D eigenvalue weighted by Gasteiger charge is -2.32. The van der Waals surface area contributed by atoms with Crippen molar-refractivity contribution in [3.63, 3.8) is 0 Å². The second-order valence-corrected chi connectivity index (χ2v) is 4.29. The molecule has 16 heavy (non-hydrogen) atoms. The van der Waals surface area contributed by atoms with Gasteiger partial charge in [-0.05, 0) is 38.4 Å². The van der Waals surface area contributed by atoms with E-state index in [1.54, 1.807) is 0 Å². The molecule has 0 saturated carbocycles. The van der Waals surface area contributed by atoms with Gasteiger partial charge in [0.15, 0.2) is 5.82 Å². The van der Waals surface area contributed by atoms with E-state index in [9.17, 15) is 0 Å². The standard InChI is InChI=1S/C12H20N4/c1-3-10-4-5-12(15-14-10)16-8-6-11(13-2)7-9-16/h4-5,11,13H,3,6-9H2,1-2H3. The molecule has 1 aliphatic heterocycles. The number of aryl methyl sites for hydroxylation is 1. The average molecular weight is 220 g/mol. The van der Waals surface area contributed by atoms with Gasteiger partial charge in [-0.3, -0.25) is 0 Å². The third-order valence-corrected chi connectivity index (χ3v) is 3.30. The summed E-state index contributed by atoms with van der Waals surface area (Å²) in [5, 5.41) is 11.8. The molecule has 88 valence electrons. The largest absolute Gasteiger partial charge is 0.355 e. The molecule has 0 unspecified atom stereocenters. The van der Waals surface area contributed by atoms with Gasteiger partial charge >= 0.3 is 0 Å². The molecule has 2 rings (SSSR count). The quantitative estimate of drug-likeness (QED) is 0.832. The lowest BCUT2D eigenvalue weighted by Crippen LogP contribution is -2.41. The zero-order chi connectivity index (χ0) is 11.4. The fourth-order valence-electron chi connectivity index (χ4n) is 2.11. The minimum absolute atomic E-state index is 0.666. The van der Waals surface area contributed by atoms with E-state index < -0.39 is 0 Å². The van der Waals surface area contributed by atoms with Crippen molar-refractivity contribution in [2.75, 3.05) is 25.0 Å². The van der Waals surface area contributed by atoms with Crippen LogP contribution in [0.25, 0.3) is 0 Å². The van der Waals surface area contributed by atoms with Crippen molar-refractivity contribution in [2.45, 2.75) is 32.2 Å². The maximum Gasteiger partial charge on any atom is 0.151 e. The van der Waals surface area contributed by atoms with E-state index in [-0.39, 0.29) is 0 Å².